The van der Waals surface area contributed by atoms with Crippen LogP contribution in [0.4, 0.5) is 35.5 Å². The smallest absolute Gasteiger partial charge is 0.430 e. The number of halogens is 7. The maximum atomic E-state index is 13.6. The van der Waals surface area contributed by atoms with Crippen molar-refractivity contribution in [3.8, 4) is 0 Å². The van der Waals surface area contributed by atoms with Gasteiger partial charge in [0.25, 0.3) is 5.60 Å². The topological polar surface area (TPSA) is 92.7 Å². The number of amides is 1. The number of aliphatic hydroxyl groups is 1. The second-order valence-corrected chi connectivity index (χ2v) is 12.2. The highest BCUT2D eigenvalue weighted by molar-refractivity contribution is 7.92. The highest BCUT2D eigenvalue weighted by Crippen LogP contribution is 2.53. The molecule has 2 N–H and O–H groups in total. The zero-order valence-electron chi connectivity index (χ0n) is 20.2. The molecule has 1 aliphatic rings. The second-order valence-electron chi connectivity index (χ2n) is 9.99. The molecule has 6 nitrogen and oxygen atoms in total. The molecule has 38 heavy (non-hydrogen) atoms. The maximum Gasteiger partial charge on any atom is 0.430 e. The SMILES string of the molecule is CC(C)(C)OC(=O)NC1CC(c2ccc(C(O)(C(F)(F)F)C(F)(F)F)cc2)(S(=O)(=O)c2ccc(F)cc2)C1. The van der Waals surface area contributed by atoms with E-state index in [-0.39, 0.29) is 23.3 Å². The van der Waals surface area contributed by atoms with Gasteiger partial charge in [-0.1, -0.05) is 24.3 Å². The van der Waals surface area contributed by atoms with Crippen molar-refractivity contribution < 1.29 is 53.8 Å². The van der Waals surface area contributed by atoms with Crippen molar-refractivity contribution in [3.05, 3.63) is 65.5 Å². The predicted octanol–water partition coefficient (Wildman–Crippen LogP) is 5.49. The molecule has 0 heterocycles. The fraction of sp³-hybridized carbons (Fsp3) is 0.458. The van der Waals surface area contributed by atoms with Crippen LogP contribution in [-0.2, 0) is 24.9 Å². The molecule has 2 aromatic carbocycles. The van der Waals surface area contributed by atoms with Crippen LogP contribution < -0.4 is 5.32 Å². The number of ether oxygens (including phenoxy) is 1. The highest BCUT2D eigenvalue weighted by Gasteiger charge is 2.71. The molecule has 0 spiro atoms. The molecule has 1 saturated carbocycles. The largest absolute Gasteiger partial charge is 0.444 e. The van der Waals surface area contributed by atoms with Crippen molar-refractivity contribution in [3.63, 3.8) is 0 Å². The molecule has 14 heteroatoms. The van der Waals surface area contributed by atoms with Crippen LogP contribution in [0.15, 0.2) is 53.4 Å². The highest BCUT2D eigenvalue weighted by atomic mass is 32.2. The quantitative estimate of drug-likeness (QED) is 0.366. The standard InChI is InChI=1S/C24H24F7NO5S/c1-20(2,3)37-19(33)32-17-12-21(13-17,38(35,36)18-10-8-16(25)9-11-18)14-4-6-15(7-5-14)22(34,23(26,27)28)24(29,30)31/h4-11,17,34H,12-13H2,1-3H3,(H,32,33). The number of alkyl halides is 6. The number of sulfone groups is 1. The molecule has 2 aromatic rings. The molecule has 0 aromatic heterocycles. The fourth-order valence-electron chi connectivity index (χ4n) is 4.27. The van der Waals surface area contributed by atoms with Crippen molar-refractivity contribution in [1.29, 1.82) is 0 Å². The first-order chi connectivity index (χ1) is 17.1. The molecule has 0 saturated heterocycles. The Balaban J connectivity index is 2.04. The average Bonchev–Trinajstić information content (AvgIpc) is 2.73. The van der Waals surface area contributed by atoms with Gasteiger partial charge in [-0.2, -0.15) is 26.3 Å². The van der Waals surface area contributed by atoms with Gasteiger partial charge in [0.2, 0.25) is 0 Å². The minimum atomic E-state index is -6.12. The van der Waals surface area contributed by atoms with Crippen LogP contribution in [0.2, 0.25) is 0 Å². The van der Waals surface area contributed by atoms with E-state index in [0.29, 0.717) is 12.1 Å². The van der Waals surface area contributed by atoms with Gasteiger partial charge in [-0.15, -0.1) is 0 Å². The lowest BCUT2D eigenvalue weighted by Gasteiger charge is -2.47. The third-order valence-corrected chi connectivity index (χ3v) is 8.65. The number of alkyl carbamates (subject to hydrolysis) is 1. The van der Waals surface area contributed by atoms with Crippen LogP contribution in [0.1, 0.15) is 44.7 Å². The van der Waals surface area contributed by atoms with Crippen molar-refractivity contribution in [2.45, 2.75) is 72.9 Å². The van der Waals surface area contributed by atoms with Crippen molar-refractivity contribution in [1.82, 2.24) is 5.32 Å². The molecule has 1 aliphatic carbocycles. The van der Waals surface area contributed by atoms with E-state index in [1.165, 1.54) is 0 Å². The van der Waals surface area contributed by atoms with E-state index in [2.05, 4.69) is 5.32 Å². The number of benzene rings is 2. The fourth-order valence-corrected chi connectivity index (χ4v) is 6.50. The Morgan fingerprint density at radius 1 is 0.921 bits per heavy atom. The molecule has 0 radical (unpaired) electrons. The normalized spacial score (nSPS) is 21.0. The molecule has 0 bridgehead atoms. The summed E-state index contributed by atoms with van der Waals surface area (Å²) in [6.07, 6.45) is -13.7. The molecule has 0 atom stereocenters. The van der Waals surface area contributed by atoms with E-state index in [1.807, 2.05) is 0 Å². The van der Waals surface area contributed by atoms with Gasteiger partial charge in [0.15, 0.2) is 9.84 Å². The molecule has 1 amide bonds. The minimum Gasteiger partial charge on any atom is -0.444 e. The van der Waals surface area contributed by atoms with E-state index in [4.69, 9.17) is 4.74 Å². The Hall–Kier alpha value is -2.87. The first kappa shape index (κ1) is 29.7. The van der Waals surface area contributed by atoms with Crippen LogP contribution in [-0.4, -0.2) is 43.6 Å². The Kier molecular flexibility index (Phi) is 7.34. The third kappa shape index (κ3) is 5.20. The molecule has 1 fully saturated rings. The van der Waals surface area contributed by atoms with Crippen molar-refractivity contribution in [2.24, 2.45) is 0 Å². The summed E-state index contributed by atoms with van der Waals surface area (Å²) in [4.78, 5) is 11.8. The summed E-state index contributed by atoms with van der Waals surface area (Å²) < 4.78 is 124. The van der Waals surface area contributed by atoms with Gasteiger partial charge in [0.1, 0.15) is 16.2 Å². The maximum absolute atomic E-state index is 13.6. The van der Waals surface area contributed by atoms with Crippen LogP contribution in [0.5, 0.6) is 0 Å². The lowest BCUT2D eigenvalue weighted by atomic mass is 9.74. The summed E-state index contributed by atoms with van der Waals surface area (Å²) in [5, 5.41) is 12.1. The first-order valence-corrected chi connectivity index (χ1v) is 12.6. The summed E-state index contributed by atoms with van der Waals surface area (Å²) in [5.74, 6) is -0.737. The molecule has 3 rings (SSSR count). The molecule has 0 aliphatic heterocycles. The van der Waals surface area contributed by atoms with Gasteiger partial charge in [-0.05, 0) is 63.4 Å². The number of hydrogen-bond acceptors (Lipinski definition) is 5. The van der Waals surface area contributed by atoms with Gasteiger partial charge in [0, 0.05) is 11.6 Å². The Labute approximate surface area is 213 Å². The van der Waals surface area contributed by atoms with Gasteiger partial charge in [-0.25, -0.2) is 17.6 Å². The van der Waals surface area contributed by atoms with Crippen LogP contribution in [0.25, 0.3) is 0 Å². The summed E-state index contributed by atoms with van der Waals surface area (Å²) >= 11 is 0. The van der Waals surface area contributed by atoms with Gasteiger partial charge >= 0.3 is 18.4 Å². The van der Waals surface area contributed by atoms with E-state index < -0.39 is 61.7 Å². The van der Waals surface area contributed by atoms with E-state index in [1.54, 1.807) is 20.8 Å². The summed E-state index contributed by atoms with van der Waals surface area (Å²) in [7, 11) is -4.41. The third-order valence-electron chi connectivity index (χ3n) is 6.16. The number of carbonyl (C=O) groups is 1. The van der Waals surface area contributed by atoms with E-state index in [0.717, 1.165) is 36.4 Å². The van der Waals surface area contributed by atoms with E-state index >= 15 is 0 Å². The second kappa shape index (κ2) is 9.40. The first-order valence-electron chi connectivity index (χ1n) is 11.1. The van der Waals surface area contributed by atoms with Crippen LogP contribution >= 0.6 is 0 Å². The number of rotatable bonds is 5. The monoisotopic (exact) mass is 571 g/mol. The average molecular weight is 572 g/mol. The van der Waals surface area contributed by atoms with Crippen LogP contribution in [0.3, 0.4) is 0 Å². The van der Waals surface area contributed by atoms with Gasteiger partial charge in [-0.3, -0.25) is 0 Å². The summed E-state index contributed by atoms with van der Waals surface area (Å²) in [6.45, 7) is 4.80. The van der Waals surface area contributed by atoms with Crippen molar-refractivity contribution in [2.75, 3.05) is 0 Å². The number of nitrogens with one attached hydrogen (secondary N) is 1. The number of hydrogen-bond donors (Lipinski definition) is 2. The predicted molar refractivity (Wildman–Crippen MR) is 120 cm³/mol. The Bertz CT molecular complexity index is 1260. The lowest BCUT2D eigenvalue weighted by molar-refractivity contribution is -0.376. The zero-order valence-corrected chi connectivity index (χ0v) is 21.1. The van der Waals surface area contributed by atoms with Crippen LogP contribution in [0, 0.1) is 5.82 Å². The minimum absolute atomic E-state index is 0.181. The lowest BCUT2D eigenvalue weighted by Crippen LogP contribution is -2.57. The molecule has 210 valence electrons. The van der Waals surface area contributed by atoms with E-state index in [9.17, 15) is 49.1 Å². The molecular formula is C24H24F7NO5S. The molecular weight excluding hydrogens is 547 g/mol. The summed E-state index contributed by atoms with van der Waals surface area (Å²) in [5.41, 5.74) is -7.80. The van der Waals surface area contributed by atoms with Gasteiger partial charge < -0.3 is 15.2 Å². The van der Waals surface area contributed by atoms with Crippen molar-refractivity contribution >= 4 is 15.9 Å². The Morgan fingerprint density at radius 2 is 1.39 bits per heavy atom. The zero-order chi connectivity index (χ0) is 28.9. The summed E-state index contributed by atoms with van der Waals surface area (Å²) in [6, 6.07) is 5.15. The Morgan fingerprint density at radius 3 is 1.82 bits per heavy atom. The number of carbonyl (C=O) groups excluding carboxylic acids is 1. The molecule has 0 unspecified atom stereocenters. The van der Waals surface area contributed by atoms with Gasteiger partial charge in [0.05, 0.1) is 4.90 Å².